The predicted octanol–water partition coefficient (Wildman–Crippen LogP) is 3.80. The lowest BCUT2D eigenvalue weighted by Crippen LogP contribution is -2.40. The second-order valence-electron chi connectivity index (χ2n) is 6.74. The maximum Gasteiger partial charge on any atom is 0.241 e. The SMILES string of the molecule is C=Cc1c(S(=O)(=O)N[C@H](C)CNCCc2ccccc2)ccc2cnccc12.Cl. The summed E-state index contributed by atoms with van der Waals surface area (Å²) in [6.07, 6.45) is 5.85. The van der Waals surface area contributed by atoms with Crippen LogP contribution in [0.3, 0.4) is 0 Å². The normalized spacial score (nSPS) is 12.3. The summed E-state index contributed by atoms with van der Waals surface area (Å²) in [5.41, 5.74) is 1.85. The Bertz CT molecular complexity index is 1060. The van der Waals surface area contributed by atoms with E-state index in [1.165, 1.54) is 5.56 Å². The van der Waals surface area contributed by atoms with Gasteiger partial charge in [-0.3, -0.25) is 4.98 Å². The number of aromatic nitrogens is 1. The fourth-order valence-electron chi connectivity index (χ4n) is 3.18. The highest BCUT2D eigenvalue weighted by atomic mass is 35.5. The molecule has 0 fully saturated rings. The van der Waals surface area contributed by atoms with E-state index < -0.39 is 10.0 Å². The molecule has 5 nitrogen and oxygen atoms in total. The molecule has 0 aliphatic carbocycles. The Hall–Kier alpha value is -2.25. The third kappa shape index (κ3) is 5.87. The maximum atomic E-state index is 12.9. The van der Waals surface area contributed by atoms with Gasteiger partial charge in [-0.2, -0.15) is 0 Å². The molecule has 0 bridgehead atoms. The van der Waals surface area contributed by atoms with Crippen molar-refractivity contribution in [3.8, 4) is 0 Å². The molecule has 1 heterocycles. The molecule has 2 aromatic carbocycles. The zero-order valence-electron chi connectivity index (χ0n) is 16.3. The Morgan fingerprint density at radius 3 is 2.62 bits per heavy atom. The summed E-state index contributed by atoms with van der Waals surface area (Å²) in [6, 6.07) is 15.1. The average Bonchev–Trinajstić information content (AvgIpc) is 2.70. The minimum absolute atomic E-state index is 0. The topological polar surface area (TPSA) is 71.1 Å². The monoisotopic (exact) mass is 431 g/mol. The second kappa shape index (κ2) is 10.5. The van der Waals surface area contributed by atoms with Crippen molar-refractivity contribution in [1.82, 2.24) is 15.0 Å². The Balaban J connectivity index is 0.00000300. The predicted molar refractivity (Wildman–Crippen MR) is 122 cm³/mol. The molecular formula is C22H26ClN3O2S. The molecule has 0 amide bonds. The van der Waals surface area contributed by atoms with Crippen LogP contribution in [0.15, 0.2) is 72.4 Å². The van der Waals surface area contributed by atoms with Crippen molar-refractivity contribution < 1.29 is 8.42 Å². The van der Waals surface area contributed by atoms with Gasteiger partial charge in [0.05, 0.1) is 4.90 Å². The molecule has 0 saturated carbocycles. The van der Waals surface area contributed by atoms with Crippen LogP contribution in [-0.2, 0) is 16.4 Å². The largest absolute Gasteiger partial charge is 0.315 e. The number of nitrogens with zero attached hydrogens (tertiary/aromatic N) is 1. The third-order valence-corrected chi connectivity index (χ3v) is 6.20. The summed E-state index contributed by atoms with van der Waals surface area (Å²) in [5, 5.41) is 5.01. The van der Waals surface area contributed by atoms with Crippen molar-refractivity contribution in [2.24, 2.45) is 0 Å². The van der Waals surface area contributed by atoms with Crippen molar-refractivity contribution in [2.75, 3.05) is 13.1 Å². The highest BCUT2D eigenvalue weighted by Gasteiger charge is 2.21. The Kier molecular flexibility index (Phi) is 8.34. The van der Waals surface area contributed by atoms with Crippen LogP contribution in [0.2, 0.25) is 0 Å². The smallest absolute Gasteiger partial charge is 0.241 e. The molecule has 7 heteroatoms. The number of pyridine rings is 1. The van der Waals surface area contributed by atoms with Gasteiger partial charge in [0.15, 0.2) is 0 Å². The van der Waals surface area contributed by atoms with E-state index in [1.807, 2.05) is 25.1 Å². The first-order valence-electron chi connectivity index (χ1n) is 9.27. The molecule has 1 aromatic heterocycles. The number of halogens is 1. The van der Waals surface area contributed by atoms with E-state index in [9.17, 15) is 8.42 Å². The second-order valence-corrected chi connectivity index (χ2v) is 8.42. The Morgan fingerprint density at radius 1 is 1.14 bits per heavy atom. The molecule has 154 valence electrons. The quantitative estimate of drug-likeness (QED) is 0.505. The molecule has 1 atom stereocenters. The van der Waals surface area contributed by atoms with Crippen LogP contribution in [0.1, 0.15) is 18.1 Å². The van der Waals surface area contributed by atoms with Gasteiger partial charge < -0.3 is 5.32 Å². The van der Waals surface area contributed by atoms with Gasteiger partial charge in [0.2, 0.25) is 10.0 Å². The van der Waals surface area contributed by atoms with Gasteiger partial charge in [0.1, 0.15) is 0 Å². The van der Waals surface area contributed by atoms with E-state index in [1.54, 1.807) is 36.7 Å². The number of nitrogens with one attached hydrogen (secondary N) is 2. The lowest BCUT2D eigenvalue weighted by molar-refractivity contribution is 0.537. The fraction of sp³-hybridized carbons (Fsp3) is 0.227. The van der Waals surface area contributed by atoms with Crippen LogP contribution in [0.4, 0.5) is 0 Å². The highest BCUT2D eigenvalue weighted by Crippen LogP contribution is 2.26. The molecular weight excluding hydrogens is 406 g/mol. The van der Waals surface area contributed by atoms with Gasteiger partial charge in [-0.1, -0.05) is 49.1 Å². The average molecular weight is 432 g/mol. The van der Waals surface area contributed by atoms with Crippen molar-refractivity contribution in [3.63, 3.8) is 0 Å². The first-order chi connectivity index (χ1) is 13.5. The standard InChI is InChI=1S/C22H25N3O2S.ClH/c1-3-20-21-12-14-24-16-19(21)9-10-22(20)28(26,27)25-17(2)15-23-13-11-18-7-5-4-6-8-18;/h3-10,12,14,16-17,23,25H,1,11,13,15H2,2H3;1H/t17-;/m1./s1. The Morgan fingerprint density at radius 2 is 1.90 bits per heavy atom. The molecule has 3 aromatic rings. The van der Waals surface area contributed by atoms with Crippen LogP contribution in [0.5, 0.6) is 0 Å². The molecule has 0 saturated heterocycles. The number of hydrogen-bond acceptors (Lipinski definition) is 4. The third-order valence-electron chi connectivity index (χ3n) is 4.56. The number of hydrogen-bond donors (Lipinski definition) is 2. The van der Waals surface area contributed by atoms with Gasteiger partial charge in [-0.25, -0.2) is 13.1 Å². The minimum atomic E-state index is -3.66. The maximum absolute atomic E-state index is 12.9. The van der Waals surface area contributed by atoms with Crippen LogP contribution < -0.4 is 10.0 Å². The van der Waals surface area contributed by atoms with Crippen LogP contribution in [0, 0.1) is 0 Å². The first kappa shape index (κ1) is 23.0. The number of benzene rings is 2. The molecule has 0 aliphatic heterocycles. The van der Waals surface area contributed by atoms with Gasteiger partial charge in [-0.05, 0) is 43.0 Å². The molecule has 0 unspecified atom stereocenters. The van der Waals surface area contributed by atoms with E-state index in [4.69, 9.17) is 0 Å². The van der Waals surface area contributed by atoms with Crippen LogP contribution in [0.25, 0.3) is 16.8 Å². The summed E-state index contributed by atoms with van der Waals surface area (Å²) in [4.78, 5) is 4.32. The zero-order chi connectivity index (χ0) is 20.0. The van der Waals surface area contributed by atoms with E-state index >= 15 is 0 Å². The summed E-state index contributed by atoms with van der Waals surface area (Å²) in [5.74, 6) is 0. The zero-order valence-corrected chi connectivity index (χ0v) is 18.0. The lowest BCUT2D eigenvalue weighted by Gasteiger charge is -2.17. The lowest BCUT2D eigenvalue weighted by atomic mass is 10.1. The van der Waals surface area contributed by atoms with E-state index in [2.05, 4.69) is 33.7 Å². The van der Waals surface area contributed by atoms with Crippen LogP contribution in [-0.4, -0.2) is 32.5 Å². The molecule has 2 N–H and O–H groups in total. The summed E-state index contributed by atoms with van der Waals surface area (Å²) in [6.45, 7) is 6.99. The van der Waals surface area contributed by atoms with E-state index in [-0.39, 0.29) is 23.3 Å². The minimum Gasteiger partial charge on any atom is -0.315 e. The number of rotatable bonds is 9. The summed E-state index contributed by atoms with van der Waals surface area (Å²) < 4.78 is 28.6. The molecule has 0 radical (unpaired) electrons. The van der Waals surface area contributed by atoms with Crippen molar-refractivity contribution in [1.29, 1.82) is 0 Å². The summed E-state index contributed by atoms with van der Waals surface area (Å²) in [7, 11) is -3.66. The van der Waals surface area contributed by atoms with Gasteiger partial charge in [0, 0.05) is 35.9 Å². The van der Waals surface area contributed by atoms with Crippen molar-refractivity contribution in [2.45, 2.75) is 24.3 Å². The van der Waals surface area contributed by atoms with Crippen LogP contribution >= 0.6 is 12.4 Å². The fourth-order valence-corrected chi connectivity index (χ4v) is 4.65. The highest BCUT2D eigenvalue weighted by molar-refractivity contribution is 7.89. The molecule has 0 spiro atoms. The van der Waals surface area contributed by atoms with Gasteiger partial charge in [-0.15, -0.1) is 12.4 Å². The number of fused-ring (bicyclic) bond motifs is 1. The van der Waals surface area contributed by atoms with Crippen molar-refractivity contribution in [3.05, 3.63) is 78.6 Å². The Labute approximate surface area is 178 Å². The van der Waals surface area contributed by atoms with E-state index in [0.29, 0.717) is 12.1 Å². The number of sulfonamides is 1. The van der Waals surface area contributed by atoms with E-state index in [0.717, 1.165) is 23.7 Å². The molecule has 29 heavy (non-hydrogen) atoms. The molecule has 3 rings (SSSR count). The molecule has 0 aliphatic rings. The first-order valence-corrected chi connectivity index (χ1v) is 10.8. The van der Waals surface area contributed by atoms with Crippen molar-refractivity contribution >= 4 is 39.3 Å². The van der Waals surface area contributed by atoms with Gasteiger partial charge >= 0.3 is 0 Å². The summed E-state index contributed by atoms with van der Waals surface area (Å²) >= 11 is 0. The van der Waals surface area contributed by atoms with Gasteiger partial charge in [0.25, 0.3) is 0 Å².